The lowest BCUT2D eigenvalue weighted by Crippen LogP contribution is -2.21. The van der Waals surface area contributed by atoms with Crippen LogP contribution in [0, 0.1) is 32.8 Å². The van der Waals surface area contributed by atoms with Crippen LogP contribution in [0.4, 0.5) is 27.7 Å². The molecule has 0 spiro atoms. The number of rotatable bonds is 9. The van der Waals surface area contributed by atoms with Crippen molar-refractivity contribution in [1.29, 1.82) is 10.5 Å². The highest BCUT2D eigenvalue weighted by Crippen LogP contribution is 2.25. The molecule has 12 nitrogen and oxygen atoms in total. The Morgan fingerprint density at radius 2 is 1.48 bits per heavy atom. The summed E-state index contributed by atoms with van der Waals surface area (Å²) < 4.78 is 5.64. The summed E-state index contributed by atoms with van der Waals surface area (Å²) >= 11 is 0. The summed E-state index contributed by atoms with van der Waals surface area (Å²) in [6.45, 7) is -0.224. The number of non-ortho nitro benzene ring substituents is 1. The van der Waals surface area contributed by atoms with Crippen molar-refractivity contribution in [2.75, 3.05) is 22.6 Å². The zero-order valence-corrected chi connectivity index (χ0v) is 20.7. The molecule has 3 N–H and O–H groups in total. The fourth-order valence-corrected chi connectivity index (χ4v) is 3.45. The van der Waals surface area contributed by atoms with E-state index in [0.29, 0.717) is 22.8 Å². The summed E-state index contributed by atoms with van der Waals surface area (Å²) in [5, 5.41) is 46.2. The Morgan fingerprint density at radius 3 is 2.08 bits per heavy atom. The number of amides is 2. The number of aromatic nitrogens is 2. The molecule has 0 aliphatic rings. The number of carbonyl (C=O) groups excluding carboxylic acids is 1. The van der Waals surface area contributed by atoms with E-state index in [4.69, 9.17) is 4.74 Å². The van der Waals surface area contributed by atoms with Crippen LogP contribution in [0.2, 0.25) is 0 Å². The highest BCUT2D eigenvalue weighted by Gasteiger charge is 2.14. The maximum absolute atomic E-state index is 12.7. The van der Waals surface area contributed by atoms with Crippen molar-refractivity contribution in [3.63, 3.8) is 0 Å². The molecule has 1 aromatic heterocycles. The first kappa shape index (κ1) is 26.8. The van der Waals surface area contributed by atoms with E-state index < -0.39 is 11.0 Å². The average molecular weight is 533 g/mol. The molecule has 0 unspecified atom stereocenters. The minimum Gasteiger partial charge on any atom is -0.487 e. The zero-order valence-electron chi connectivity index (χ0n) is 20.7. The number of carbonyl (C=O) groups is 1. The van der Waals surface area contributed by atoms with E-state index in [-0.39, 0.29) is 29.4 Å². The van der Waals surface area contributed by atoms with E-state index in [1.807, 2.05) is 42.5 Å². The van der Waals surface area contributed by atoms with Crippen molar-refractivity contribution in [2.24, 2.45) is 0 Å². The van der Waals surface area contributed by atoms with Gasteiger partial charge in [0.05, 0.1) is 27.7 Å². The third-order valence-corrected chi connectivity index (χ3v) is 5.39. The van der Waals surface area contributed by atoms with Crippen molar-refractivity contribution in [3.8, 4) is 29.1 Å². The van der Waals surface area contributed by atoms with Crippen molar-refractivity contribution < 1.29 is 14.5 Å². The Hall–Kier alpha value is -6.27. The van der Waals surface area contributed by atoms with E-state index in [9.17, 15) is 25.4 Å². The molecule has 40 heavy (non-hydrogen) atoms. The lowest BCUT2D eigenvalue weighted by atomic mass is 10.1. The van der Waals surface area contributed by atoms with E-state index >= 15 is 0 Å². The summed E-state index contributed by atoms with van der Waals surface area (Å²) in [6.07, 6.45) is 0. The minimum absolute atomic E-state index is 0.104. The van der Waals surface area contributed by atoms with Gasteiger partial charge in [-0.25, -0.2) is 4.79 Å². The summed E-state index contributed by atoms with van der Waals surface area (Å²) in [4.78, 5) is 23.0. The Labute approximate surface area is 228 Å². The molecule has 0 saturated heterocycles. The molecule has 4 rings (SSSR count). The summed E-state index contributed by atoms with van der Waals surface area (Å²) in [5.41, 5.74) is 2.05. The van der Waals surface area contributed by atoms with Crippen LogP contribution in [0.1, 0.15) is 0 Å². The topological polar surface area (TPSA) is 179 Å². The molecule has 0 fully saturated rings. The number of nitrogens with zero attached hydrogens (tertiary/aromatic N) is 5. The second-order valence-corrected chi connectivity index (χ2v) is 8.04. The third kappa shape index (κ3) is 6.94. The van der Waals surface area contributed by atoms with Gasteiger partial charge < -0.3 is 15.4 Å². The SMILES string of the molecule is N#CC(C#N)=C(COc1ccc([N+](=O)[O-])cc1)Nc1ccccc1NC(=O)Nc1ccc(-c2ccccc2)nn1. The number of anilines is 3. The number of hydrogen-bond donors (Lipinski definition) is 3. The largest absolute Gasteiger partial charge is 0.487 e. The maximum Gasteiger partial charge on any atom is 0.324 e. The molecule has 3 aromatic carbocycles. The molecular formula is C28H20N8O4. The number of benzene rings is 3. The number of nitro benzene ring substituents is 1. The third-order valence-electron chi connectivity index (χ3n) is 5.39. The lowest BCUT2D eigenvalue weighted by Gasteiger charge is -2.16. The van der Waals surface area contributed by atoms with E-state index in [2.05, 4.69) is 26.1 Å². The lowest BCUT2D eigenvalue weighted by molar-refractivity contribution is -0.384. The van der Waals surface area contributed by atoms with Crippen LogP contribution in [-0.2, 0) is 0 Å². The Kier molecular flexibility index (Phi) is 8.57. The molecule has 0 saturated carbocycles. The molecule has 0 atom stereocenters. The number of nitro groups is 1. The van der Waals surface area contributed by atoms with E-state index in [1.54, 1.807) is 36.4 Å². The molecule has 0 bridgehead atoms. The molecule has 0 radical (unpaired) electrons. The van der Waals surface area contributed by atoms with Gasteiger partial charge in [-0.2, -0.15) is 10.5 Å². The van der Waals surface area contributed by atoms with Crippen LogP contribution in [0.3, 0.4) is 0 Å². The number of para-hydroxylation sites is 2. The van der Waals surface area contributed by atoms with Gasteiger partial charge in [-0.15, -0.1) is 10.2 Å². The van der Waals surface area contributed by atoms with E-state index in [1.165, 1.54) is 24.3 Å². The highest BCUT2D eigenvalue weighted by atomic mass is 16.6. The molecular weight excluding hydrogens is 512 g/mol. The number of nitriles is 2. The molecule has 1 heterocycles. The number of ether oxygens (including phenoxy) is 1. The summed E-state index contributed by atoms with van der Waals surface area (Å²) in [6, 6.07) is 27.9. The predicted molar refractivity (Wildman–Crippen MR) is 147 cm³/mol. The molecule has 2 amide bonds. The highest BCUT2D eigenvalue weighted by molar-refractivity contribution is 6.01. The molecule has 4 aromatic rings. The fourth-order valence-electron chi connectivity index (χ4n) is 3.45. The second-order valence-electron chi connectivity index (χ2n) is 8.04. The van der Waals surface area contributed by atoms with Gasteiger partial charge in [0.25, 0.3) is 5.69 Å². The number of urea groups is 1. The Balaban J connectivity index is 1.45. The summed E-state index contributed by atoms with van der Waals surface area (Å²) in [7, 11) is 0. The minimum atomic E-state index is -0.593. The standard InChI is InChI=1S/C28H20N8O4/c29-16-20(17-30)26(18-40-22-12-10-21(11-13-22)36(38)39)31-24-8-4-5-9-25(24)32-28(37)33-27-15-14-23(34-35-27)19-6-2-1-3-7-19/h1-15,31H,18H2,(H2,32,33,35,37). The van der Waals surface area contributed by atoms with Crippen molar-refractivity contribution >= 4 is 28.9 Å². The first-order valence-electron chi connectivity index (χ1n) is 11.7. The van der Waals surface area contributed by atoms with Gasteiger partial charge in [-0.05, 0) is 36.4 Å². The van der Waals surface area contributed by atoms with Crippen LogP contribution in [0.5, 0.6) is 5.75 Å². The van der Waals surface area contributed by atoms with Gasteiger partial charge >= 0.3 is 6.03 Å². The number of hydrogen-bond acceptors (Lipinski definition) is 9. The normalized spacial score (nSPS) is 9.85. The van der Waals surface area contributed by atoms with Crippen LogP contribution >= 0.6 is 0 Å². The van der Waals surface area contributed by atoms with Gasteiger partial charge in [0.2, 0.25) is 0 Å². The maximum atomic E-state index is 12.7. The van der Waals surface area contributed by atoms with Crippen LogP contribution in [0.25, 0.3) is 11.3 Å². The average Bonchev–Trinajstić information content (AvgIpc) is 2.98. The predicted octanol–water partition coefficient (Wildman–Crippen LogP) is 5.49. The van der Waals surface area contributed by atoms with Gasteiger partial charge in [-0.3, -0.25) is 15.4 Å². The van der Waals surface area contributed by atoms with E-state index in [0.717, 1.165) is 5.56 Å². The van der Waals surface area contributed by atoms with Crippen LogP contribution in [0.15, 0.2) is 102 Å². The summed E-state index contributed by atoms with van der Waals surface area (Å²) in [5.74, 6) is 0.529. The van der Waals surface area contributed by atoms with Gasteiger partial charge in [0, 0.05) is 17.7 Å². The van der Waals surface area contributed by atoms with Crippen molar-refractivity contribution in [3.05, 3.63) is 112 Å². The van der Waals surface area contributed by atoms with Crippen LogP contribution < -0.4 is 20.7 Å². The van der Waals surface area contributed by atoms with Crippen LogP contribution in [-0.4, -0.2) is 27.8 Å². The molecule has 196 valence electrons. The molecule has 12 heteroatoms. The molecule has 0 aliphatic carbocycles. The molecule has 0 aliphatic heterocycles. The van der Waals surface area contributed by atoms with Crippen molar-refractivity contribution in [2.45, 2.75) is 0 Å². The van der Waals surface area contributed by atoms with Gasteiger partial charge in [0.15, 0.2) is 11.4 Å². The zero-order chi connectivity index (χ0) is 28.3. The Bertz CT molecular complexity index is 1610. The smallest absolute Gasteiger partial charge is 0.324 e. The number of allylic oxidation sites excluding steroid dienone is 1. The number of nitrogens with one attached hydrogen (secondary N) is 3. The van der Waals surface area contributed by atoms with Gasteiger partial charge in [0.1, 0.15) is 24.5 Å². The first-order valence-corrected chi connectivity index (χ1v) is 11.7. The van der Waals surface area contributed by atoms with Gasteiger partial charge in [-0.1, -0.05) is 42.5 Å². The Morgan fingerprint density at radius 1 is 0.825 bits per heavy atom. The first-order chi connectivity index (χ1) is 19.5. The monoisotopic (exact) mass is 532 g/mol. The second kappa shape index (κ2) is 12.8. The van der Waals surface area contributed by atoms with Crippen molar-refractivity contribution in [1.82, 2.24) is 10.2 Å². The quantitative estimate of drug-likeness (QED) is 0.143. The fraction of sp³-hybridized carbons (Fsp3) is 0.0357.